The van der Waals surface area contributed by atoms with Gasteiger partial charge in [0.25, 0.3) is 0 Å². The van der Waals surface area contributed by atoms with Crippen molar-refractivity contribution in [1.29, 1.82) is 0 Å². The van der Waals surface area contributed by atoms with Gasteiger partial charge in [-0.3, -0.25) is 4.79 Å². The summed E-state index contributed by atoms with van der Waals surface area (Å²) in [7, 11) is 0. The lowest BCUT2D eigenvalue weighted by Crippen LogP contribution is -2.11. The van der Waals surface area contributed by atoms with Crippen LogP contribution in [0.2, 0.25) is 0 Å². The highest BCUT2D eigenvalue weighted by atomic mass is 16.7. The summed E-state index contributed by atoms with van der Waals surface area (Å²) in [6.07, 6.45) is 0. The van der Waals surface area contributed by atoms with Crippen LogP contribution in [0, 0.1) is 0 Å². The van der Waals surface area contributed by atoms with Gasteiger partial charge in [-0.1, -0.05) is 6.07 Å². The number of nitrogens with two attached hydrogens (primary N) is 1. The molecular formula is C16H16N2O3. The molecular weight excluding hydrogens is 268 g/mol. The minimum absolute atomic E-state index is 0.0962. The highest BCUT2D eigenvalue weighted by Crippen LogP contribution is 2.34. The second-order valence-electron chi connectivity index (χ2n) is 4.92. The SMILES string of the molecule is CC(Nc1ccc(C(N)=O)cc1)c1ccc2c(c1)OCO2. The van der Waals surface area contributed by atoms with Crippen LogP contribution in [0.15, 0.2) is 42.5 Å². The zero-order valence-corrected chi connectivity index (χ0v) is 11.6. The Balaban J connectivity index is 1.73. The normalized spacial score (nSPS) is 13.8. The number of carbonyl (C=O) groups is 1. The second kappa shape index (κ2) is 5.36. The fourth-order valence-electron chi connectivity index (χ4n) is 2.25. The monoisotopic (exact) mass is 284 g/mol. The molecule has 0 aliphatic carbocycles. The van der Waals surface area contributed by atoms with E-state index in [1.165, 1.54) is 0 Å². The van der Waals surface area contributed by atoms with Crippen LogP contribution in [0.4, 0.5) is 5.69 Å². The van der Waals surface area contributed by atoms with Crippen molar-refractivity contribution in [3.63, 3.8) is 0 Å². The summed E-state index contributed by atoms with van der Waals surface area (Å²) in [5.41, 5.74) is 7.74. The molecule has 1 aliphatic heterocycles. The number of nitrogens with one attached hydrogen (secondary N) is 1. The van der Waals surface area contributed by atoms with Crippen LogP contribution in [-0.2, 0) is 0 Å². The number of hydrogen-bond donors (Lipinski definition) is 2. The zero-order valence-electron chi connectivity index (χ0n) is 11.6. The second-order valence-corrected chi connectivity index (χ2v) is 4.92. The van der Waals surface area contributed by atoms with E-state index in [0.717, 1.165) is 22.7 Å². The number of hydrogen-bond acceptors (Lipinski definition) is 4. The Morgan fingerprint density at radius 2 is 1.86 bits per heavy atom. The van der Waals surface area contributed by atoms with E-state index in [2.05, 4.69) is 12.2 Å². The Morgan fingerprint density at radius 1 is 1.14 bits per heavy atom. The number of anilines is 1. The highest BCUT2D eigenvalue weighted by molar-refractivity contribution is 5.93. The molecule has 0 saturated carbocycles. The minimum Gasteiger partial charge on any atom is -0.454 e. The fourth-order valence-corrected chi connectivity index (χ4v) is 2.25. The van der Waals surface area contributed by atoms with Crippen LogP contribution in [0.25, 0.3) is 0 Å². The van der Waals surface area contributed by atoms with Gasteiger partial charge < -0.3 is 20.5 Å². The van der Waals surface area contributed by atoms with Gasteiger partial charge in [0, 0.05) is 17.3 Å². The molecule has 1 amide bonds. The van der Waals surface area contributed by atoms with Gasteiger partial charge in [-0.25, -0.2) is 0 Å². The summed E-state index contributed by atoms with van der Waals surface area (Å²) in [6.45, 7) is 2.33. The number of ether oxygens (including phenoxy) is 2. The maximum absolute atomic E-state index is 11.0. The summed E-state index contributed by atoms with van der Waals surface area (Å²) in [6, 6.07) is 13.1. The van der Waals surface area contributed by atoms with Gasteiger partial charge in [0.2, 0.25) is 12.7 Å². The molecule has 0 fully saturated rings. The molecule has 0 bridgehead atoms. The number of carbonyl (C=O) groups excluding carboxylic acids is 1. The first-order valence-electron chi connectivity index (χ1n) is 6.69. The first-order valence-corrected chi connectivity index (χ1v) is 6.69. The quantitative estimate of drug-likeness (QED) is 0.905. The molecule has 1 heterocycles. The molecule has 1 aliphatic rings. The van der Waals surface area contributed by atoms with E-state index in [-0.39, 0.29) is 12.8 Å². The van der Waals surface area contributed by atoms with Crippen molar-refractivity contribution >= 4 is 11.6 Å². The summed E-state index contributed by atoms with van der Waals surface area (Å²) in [5.74, 6) is 1.12. The Bertz CT molecular complexity index is 668. The number of amides is 1. The first-order chi connectivity index (χ1) is 10.1. The van der Waals surface area contributed by atoms with Gasteiger partial charge in [-0.2, -0.15) is 0 Å². The molecule has 1 atom stereocenters. The van der Waals surface area contributed by atoms with Crippen molar-refractivity contribution in [2.75, 3.05) is 12.1 Å². The van der Waals surface area contributed by atoms with Crippen molar-refractivity contribution in [2.24, 2.45) is 5.73 Å². The lowest BCUT2D eigenvalue weighted by Gasteiger charge is -2.16. The molecule has 0 spiro atoms. The van der Waals surface area contributed by atoms with Gasteiger partial charge in [0.1, 0.15) is 0 Å². The minimum atomic E-state index is -0.426. The fraction of sp³-hybridized carbons (Fsp3) is 0.188. The molecule has 0 saturated heterocycles. The van der Waals surface area contributed by atoms with Gasteiger partial charge in [0.15, 0.2) is 11.5 Å². The van der Waals surface area contributed by atoms with Crippen LogP contribution in [0.3, 0.4) is 0 Å². The van der Waals surface area contributed by atoms with E-state index in [1.54, 1.807) is 12.1 Å². The Labute approximate surface area is 122 Å². The average Bonchev–Trinajstić information content (AvgIpc) is 2.95. The van der Waals surface area contributed by atoms with Gasteiger partial charge in [-0.05, 0) is 48.9 Å². The Hall–Kier alpha value is -2.69. The third-order valence-electron chi connectivity index (χ3n) is 3.45. The third kappa shape index (κ3) is 2.76. The summed E-state index contributed by atoms with van der Waals surface area (Å²) in [5, 5.41) is 3.37. The number of rotatable bonds is 4. The van der Waals surface area contributed by atoms with Gasteiger partial charge in [-0.15, -0.1) is 0 Å². The maximum Gasteiger partial charge on any atom is 0.248 e. The molecule has 2 aromatic rings. The van der Waals surface area contributed by atoms with Crippen molar-refractivity contribution in [2.45, 2.75) is 13.0 Å². The Morgan fingerprint density at radius 3 is 2.57 bits per heavy atom. The summed E-state index contributed by atoms with van der Waals surface area (Å²) in [4.78, 5) is 11.0. The van der Waals surface area contributed by atoms with E-state index in [9.17, 15) is 4.79 Å². The number of benzene rings is 2. The van der Waals surface area contributed by atoms with Gasteiger partial charge >= 0.3 is 0 Å². The van der Waals surface area contributed by atoms with Crippen molar-refractivity contribution < 1.29 is 14.3 Å². The van der Waals surface area contributed by atoms with E-state index in [1.807, 2.05) is 30.3 Å². The summed E-state index contributed by atoms with van der Waals surface area (Å²) < 4.78 is 10.7. The van der Waals surface area contributed by atoms with Crippen molar-refractivity contribution in [3.05, 3.63) is 53.6 Å². The molecule has 21 heavy (non-hydrogen) atoms. The smallest absolute Gasteiger partial charge is 0.248 e. The van der Waals surface area contributed by atoms with Crippen LogP contribution < -0.4 is 20.5 Å². The third-order valence-corrected chi connectivity index (χ3v) is 3.45. The molecule has 3 N–H and O–H groups in total. The molecule has 1 unspecified atom stereocenters. The molecule has 2 aromatic carbocycles. The van der Waals surface area contributed by atoms with Crippen molar-refractivity contribution in [3.8, 4) is 11.5 Å². The molecule has 0 aromatic heterocycles. The molecule has 108 valence electrons. The van der Waals surface area contributed by atoms with E-state index in [0.29, 0.717) is 5.56 Å². The molecule has 5 heteroatoms. The van der Waals surface area contributed by atoms with Crippen LogP contribution in [0.5, 0.6) is 11.5 Å². The number of primary amides is 1. The maximum atomic E-state index is 11.0. The molecule has 3 rings (SSSR count). The van der Waals surface area contributed by atoms with Crippen LogP contribution in [-0.4, -0.2) is 12.7 Å². The van der Waals surface area contributed by atoms with E-state index >= 15 is 0 Å². The Kier molecular flexibility index (Phi) is 3.39. The van der Waals surface area contributed by atoms with Gasteiger partial charge in [0.05, 0.1) is 0 Å². The first kappa shape index (κ1) is 13.3. The largest absolute Gasteiger partial charge is 0.454 e. The zero-order chi connectivity index (χ0) is 14.8. The predicted octanol–water partition coefficient (Wildman–Crippen LogP) is 2.69. The highest BCUT2D eigenvalue weighted by Gasteiger charge is 2.15. The average molecular weight is 284 g/mol. The standard InChI is InChI=1S/C16H16N2O3/c1-10(12-4-7-14-15(8-12)21-9-20-14)18-13-5-2-11(3-6-13)16(17)19/h2-8,10,18H,9H2,1H3,(H2,17,19). The topological polar surface area (TPSA) is 73.6 Å². The summed E-state index contributed by atoms with van der Waals surface area (Å²) >= 11 is 0. The molecule has 5 nitrogen and oxygen atoms in total. The lowest BCUT2D eigenvalue weighted by molar-refractivity contribution is 0.100. The number of fused-ring (bicyclic) bond motifs is 1. The molecule has 0 radical (unpaired) electrons. The van der Waals surface area contributed by atoms with Crippen molar-refractivity contribution in [1.82, 2.24) is 0 Å². The van der Waals surface area contributed by atoms with E-state index < -0.39 is 5.91 Å². The van der Waals surface area contributed by atoms with E-state index in [4.69, 9.17) is 15.2 Å². The van der Waals surface area contributed by atoms with Crippen LogP contribution in [0.1, 0.15) is 28.9 Å². The predicted molar refractivity (Wildman–Crippen MR) is 79.6 cm³/mol. The lowest BCUT2D eigenvalue weighted by atomic mass is 10.1. The van der Waals surface area contributed by atoms with Crippen LogP contribution >= 0.6 is 0 Å².